The maximum absolute atomic E-state index is 10.8. The molecule has 3 N–H and O–H groups in total. The van der Waals surface area contributed by atoms with Gasteiger partial charge >= 0.3 is 5.69 Å². The molecule has 0 aliphatic heterocycles. The van der Waals surface area contributed by atoms with Crippen molar-refractivity contribution in [1.29, 1.82) is 0 Å². The Hall–Kier alpha value is -3.56. The molecule has 0 amide bonds. The van der Waals surface area contributed by atoms with E-state index in [0.717, 1.165) is 11.8 Å². The average Bonchev–Trinajstić information content (AvgIpc) is 3.08. The summed E-state index contributed by atoms with van der Waals surface area (Å²) in [5.41, 5.74) is 6.27. The third-order valence-electron chi connectivity index (χ3n) is 3.34. The smallest absolute Gasteiger partial charge is 0.329 e. The van der Waals surface area contributed by atoms with Gasteiger partial charge in [-0.25, -0.2) is 9.97 Å². The topological polar surface area (TPSA) is 138 Å². The quantitative estimate of drug-likeness (QED) is 0.512. The molecule has 2 heterocycles. The molecule has 0 fully saturated rings. The molecule has 0 bridgehead atoms. The third-order valence-corrected chi connectivity index (χ3v) is 3.34. The van der Waals surface area contributed by atoms with E-state index in [0.29, 0.717) is 6.54 Å². The highest BCUT2D eigenvalue weighted by molar-refractivity contribution is 5.53. The zero-order valence-corrected chi connectivity index (χ0v) is 12.5. The summed E-state index contributed by atoms with van der Waals surface area (Å²) in [6.45, 7) is 0.476. The monoisotopic (exact) mass is 326 g/mol. The van der Waals surface area contributed by atoms with Crippen LogP contribution in [-0.4, -0.2) is 29.7 Å². The first-order valence-corrected chi connectivity index (χ1v) is 7.04. The van der Waals surface area contributed by atoms with Crippen LogP contribution in [-0.2, 0) is 6.54 Å². The van der Waals surface area contributed by atoms with Crippen LogP contribution in [0.1, 0.15) is 11.6 Å². The molecule has 0 unspecified atom stereocenters. The van der Waals surface area contributed by atoms with Gasteiger partial charge in [0.15, 0.2) is 0 Å². The highest BCUT2D eigenvalue weighted by atomic mass is 16.6. The van der Waals surface area contributed by atoms with Crippen molar-refractivity contribution in [3.05, 3.63) is 64.9 Å². The molecule has 1 aromatic carbocycles. The number of nitro groups is 1. The average molecular weight is 326 g/mol. The lowest BCUT2D eigenvalue weighted by Crippen LogP contribution is -2.19. The first-order chi connectivity index (χ1) is 11.6. The number of nitrogens with one attached hydrogen (secondary N) is 1. The molecule has 0 radical (unpaired) electrons. The lowest BCUT2D eigenvalue weighted by molar-refractivity contribution is -0.384. The van der Waals surface area contributed by atoms with Gasteiger partial charge in [-0.05, 0) is 5.56 Å². The highest BCUT2D eigenvalue weighted by Crippen LogP contribution is 2.22. The Labute approximate surface area is 136 Å². The van der Waals surface area contributed by atoms with Gasteiger partial charge in [-0.1, -0.05) is 30.3 Å². The van der Waals surface area contributed by atoms with E-state index in [1.54, 1.807) is 11.0 Å². The SMILES string of the molecule is Nc1nc(N[C@H](Cn2cncn2)c2ccccc2)ncc1[N+](=O)[O-]. The Kier molecular flexibility index (Phi) is 4.27. The molecule has 0 spiro atoms. The molecule has 0 aliphatic rings. The van der Waals surface area contributed by atoms with E-state index in [-0.39, 0.29) is 23.5 Å². The molecule has 3 rings (SSSR count). The van der Waals surface area contributed by atoms with Gasteiger partial charge in [-0.2, -0.15) is 10.1 Å². The summed E-state index contributed by atoms with van der Waals surface area (Å²) in [5, 5.41) is 18.0. The van der Waals surface area contributed by atoms with E-state index >= 15 is 0 Å². The minimum atomic E-state index is -0.622. The second-order valence-corrected chi connectivity index (χ2v) is 4.95. The van der Waals surface area contributed by atoms with Crippen LogP contribution in [0.25, 0.3) is 0 Å². The highest BCUT2D eigenvalue weighted by Gasteiger charge is 2.18. The van der Waals surface area contributed by atoms with Gasteiger partial charge in [-0.15, -0.1) is 0 Å². The van der Waals surface area contributed by atoms with Crippen LogP contribution >= 0.6 is 0 Å². The molecule has 10 heteroatoms. The van der Waals surface area contributed by atoms with Gasteiger partial charge in [-0.3, -0.25) is 14.8 Å². The Balaban J connectivity index is 1.86. The van der Waals surface area contributed by atoms with Crippen molar-refractivity contribution >= 4 is 17.5 Å². The molecular formula is C14H14N8O2. The number of rotatable bonds is 6. The van der Waals surface area contributed by atoms with E-state index in [1.807, 2.05) is 30.3 Å². The molecule has 3 aromatic rings. The molecule has 122 valence electrons. The number of nitrogens with zero attached hydrogens (tertiary/aromatic N) is 6. The van der Waals surface area contributed by atoms with E-state index in [1.165, 1.54) is 6.33 Å². The van der Waals surface area contributed by atoms with Crippen molar-refractivity contribution in [2.75, 3.05) is 11.1 Å². The zero-order valence-electron chi connectivity index (χ0n) is 12.5. The van der Waals surface area contributed by atoms with Crippen LogP contribution in [0.15, 0.2) is 49.2 Å². The zero-order chi connectivity index (χ0) is 16.9. The predicted molar refractivity (Wildman–Crippen MR) is 85.9 cm³/mol. The van der Waals surface area contributed by atoms with Gasteiger partial charge in [0, 0.05) is 0 Å². The largest absolute Gasteiger partial charge is 0.378 e. The summed E-state index contributed by atoms with van der Waals surface area (Å²) in [6, 6.07) is 9.42. The molecule has 0 saturated carbocycles. The predicted octanol–water partition coefficient (Wildman–Crippen LogP) is 1.41. The lowest BCUT2D eigenvalue weighted by atomic mass is 10.1. The van der Waals surface area contributed by atoms with E-state index in [2.05, 4.69) is 25.4 Å². The van der Waals surface area contributed by atoms with Crippen LogP contribution < -0.4 is 11.1 Å². The maximum Gasteiger partial charge on any atom is 0.329 e. The maximum atomic E-state index is 10.8. The van der Waals surface area contributed by atoms with Crippen LogP contribution in [0, 0.1) is 10.1 Å². The molecule has 10 nitrogen and oxygen atoms in total. The van der Waals surface area contributed by atoms with Gasteiger partial charge in [0.05, 0.1) is 17.5 Å². The van der Waals surface area contributed by atoms with Gasteiger partial charge in [0.2, 0.25) is 11.8 Å². The third kappa shape index (κ3) is 3.43. The molecule has 0 saturated heterocycles. The number of hydrogen-bond acceptors (Lipinski definition) is 8. The second kappa shape index (κ2) is 6.69. The normalized spacial score (nSPS) is 11.8. The van der Waals surface area contributed by atoms with Gasteiger partial charge < -0.3 is 11.1 Å². The fraction of sp³-hybridized carbons (Fsp3) is 0.143. The minimum Gasteiger partial charge on any atom is -0.378 e. The molecule has 0 aliphatic carbocycles. The summed E-state index contributed by atoms with van der Waals surface area (Å²) in [6.07, 6.45) is 4.13. The Morgan fingerprint density at radius 2 is 2.12 bits per heavy atom. The molecule has 1 atom stereocenters. The Bertz CT molecular complexity index is 822. The van der Waals surface area contributed by atoms with E-state index in [9.17, 15) is 10.1 Å². The first-order valence-electron chi connectivity index (χ1n) is 7.04. The Morgan fingerprint density at radius 3 is 2.75 bits per heavy atom. The number of aromatic nitrogens is 5. The molecule has 24 heavy (non-hydrogen) atoms. The number of hydrogen-bond donors (Lipinski definition) is 2. The van der Waals surface area contributed by atoms with Crippen molar-refractivity contribution < 1.29 is 4.92 Å². The van der Waals surface area contributed by atoms with Crippen LogP contribution in [0.3, 0.4) is 0 Å². The van der Waals surface area contributed by atoms with Crippen molar-refractivity contribution in [2.24, 2.45) is 0 Å². The fourth-order valence-electron chi connectivity index (χ4n) is 2.19. The van der Waals surface area contributed by atoms with Crippen molar-refractivity contribution in [3.8, 4) is 0 Å². The van der Waals surface area contributed by atoms with Crippen LogP contribution in [0.4, 0.5) is 17.5 Å². The summed E-state index contributed by atoms with van der Waals surface area (Å²) in [4.78, 5) is 22.0. The van der Waals surface area contributed by atoms with Crippen molar-refractivity contribution in [2.45, 2.75) is 12.6 Å². The minimum absolute atomic E-state index is 0.190. The van der Waals surface area contributed by atoms with Gasteiger partial charge in [0.1, 0.15) is 18.9 Å². The van der Waals surface area contributed by atoms with Crippen molar-refractivity contribution in [3.63, 3.8) is 0 Å². The number of benzene rings is 1. The molecular weight excluding hydrogens is 312 g/mol. The summed E-state index contributed by atoms with van der Waals surface area (Å²) >= 11 is 0. The van der Waals surface area contributed by atoms with E-state index < -0.39 is 4.92 Å². The lowest BCUT2D eigenvalue weighted by Gasteiger charge is -2.19. The summed E-state index contributed by atoms with van der Waals surface area (Å²) in [7, 11) is 0. The fourth-order valence-corrected chi connectivity index (χ4v) is 2.19. The van der Waals surface area contributed by atoms with Crippen LogP contribution in [0.2, 0.25) is 0 Å². The summed E-state index contributed by atoms with van der Waals surface area (Å²) < 4.78 is 1.67. The first kappa shape index (κ1) is 15.3. The van der Waals surface area contributed by atoms with Gasteiger partial charge in [0.25, 0.3) is 0 Å². The number of nitrogen functional groups attached to an aromatic ring is 1. The van der Waals surface area contributed by atoms with Crippen molar-refractivity contribution in [1.82, 2.24) is 24.7 Å². The number of nitrogens with two attached hydrogens (primary N) is 1. The second-order valence-electron chi connectivity index (χ2n) is 4.95. The van der Waals surface area contributed by atoms with E-state index in [4.69, 9.17) is 5.73 Å². The standard InChI is InChI=1S/C14H14N8O2/c15-13-12(22(23)24)6-17-14(20-13)19-11(7-21-9-16-8-18-21)10-4-2-1-3-5-10/h1-6,8-9,11H,7H2,(H3,15,17,19,20)/t11-/m1/s1. The summed E-state index contributed by atoms with van der Waals surface area (Å²) in [5.74, 6) is 0.0112. The van der Waals surface area contributed by atoms with Crippen LogP contribution in [0.5, 0.6) is 0 Å². The Morgan fingerprint density at radius 1 is 1.33 bits per heavy atom. The molecule has 2 aromatic heterocycles. The number of anilines is 2.